The van der Waals surface area contributed by atoms with Gasteiger partial charge in [-0.15, -0.1) is 11.3 Å². The Kier molecular flexibility index (Phi) is 8.48. The predicted molar refractivity (Wildman–Crippen MR) is 90.4 cm³/mol. The van der Waals surface area contributed by atoms with E-state index in [1.165, 1.54) is 11.3 Å². The summed E-state index contributed by atoms with van der Waals surface area (Å²) in [5.41, 5.74) is 0.842. The van der Waals surface area contributed by atoms with Gasteiger partial charge in [-0.3, -0.25) is 0 Å². The van der Waals surface area contributed by atoms with Gasteiger partial charge in [-0.2, -0.15) is 0 Å². The Morgan fingerprint density at radius 3 is 2.52 bits per heavy atom. The highest BCUT2D eigenvalue weighted by Gasteiger charge is 2.22. The van der Waals surface area contributed by atoms with Gasteiger partial charge in [0.25, 0.3) is 0 Å². The number of hydrogen-bond donors (Lipinski definition) is 2. The quantitative estimate of drug-likeness (QED) is 0.611. The van der Waals surface area contributed by atoms with Crippen LogP contribution in [0.15, 0.2) is 10.3 Å². The Labute approximate surface area is 133 Å². The highest BCUT2D eigenvalue weighted by atomic mass is 32.2. The molecule has 0 radical (unpaired) electrons. The first kappa shape index (κ1) is 18.6. The second kappa shape index (κ2) is 9.56. The van der Waals surface area contributed by atoms with Gasteiger partial charge in [-0.1, -0.05) is 33.1 Å². The number of rotatable bonds is 11. The van der Waals surface area contributed by atoms with Crippen molar-refractivity contribution in [2.45, 2.75) is 64.3 Å². The van der Waals surface area contributed by atoms with Crippen LogP contribution in [0.4, 0.5) is 0 Å². The first-order chi connectivity index (χ1) is 10.0. The van der Waals surface area contributed by atoms with Crippen molar-refractivity contribution in [1.29, 1.82) is 0 Å². The van der Waals surface area contributed by atoms with E-state index in [9.17, 15) is 8.42 Å². The fourth-order valence-corrected chi connectivity index (χ4v) is 5.03. The van der Waals surface area contributed by atoms with Crippen molar-refractivity contribution in [3.05, 3.63) is 15.8 Å². The second-order valence-electron chi connectivity index (χ2n) is 5.31. The van der Waals surface area contributed by atoms with Crippen molar-refractivity contribution in [2.24, 2.45) is 0 Å². The average Bonchev–Trinajstić information content (AvgIpc) is 2.81. The summed E-state index contributed by atoms with van der Waals surface area (Å²) in [7, 11) is -3.38. The molecule has 0 unspecified atom stereocenters. The molecule has 4 nitrogen and oxygen atoms in total. The summed E-state index contributed by atoms with van der Waals surface area (Å²) in [6, 6.07) is 0. The van der Waals surface area contributed by atoms with E-state index < -0.39 is 10.0 Å². The van der Waals surface area contributed by atoms with Crippen LogP contribution in [0.25, 0.3) is 0 Å². The minimum absolute atomic E-state index is 0.478. The van der Waals surface area contributed by atoms with Crippen molar-refractivity contribution in [2.75, 3.05) is 13.1 Å². The molecule has 0 aliphatic rings. The van der Waals surface area contributed by atoms with Crippen LogP contribution in [0.1, 0.15) is 56.4 Å². The molecule has 1 aromatic rings. The Hall–Kier alpha value is -0.430. The van der Waals surface area contributed by atoms with E-state index in [-0.39, 0.29) is 0 Å². The van der Waals surface area contributed by atoms with Gasteiger partial charge >= 0.3 is 0 Å². The molecule has 0 bridgehead atoms. The van der Waals surface area contributed by atoms with Crippen LogP contribution >= 0.6 is 11.3 Å². The van der Waals surface area contributed by atoms with Crippen LogP contribution in [0, 0.1) is 6.92 Å². The highest BCUT2D eigenvalue weighted by Crippen LogP contribution is 2.26. The zero-order valence-electron chi connectivity index (χ0n) is 13.4. The molecular weight excluding hydrogens is 304 g/mol. The van der Waals surface area contributed by atoms with Crippen molar-refractivity contribution in [3.63, 3.8) is 0 Å². The molecule has 0 fully saturated rings. The van der Waals surface area contributed by atoms with E-state index in [2.05, 4.69) is 23.9 Å². The van der Waals surface area contributed by atoms with Crippen LogP contribution in [0.2, 0.25) is 0 Å². The van der Waals surface area contributed by atoms with Gasteiger partial charge in [-0.25, -0.2) is 13.1 Å². The van der Waals surface area contributed by atoms with E-state index in [0.29, 0.717) is 18.0 Å². The number of unbranched alkanes of at least 4 members (excludes halogenated alkanes) is 3. The molecule has 0 spiro atoms. The maximum absolute atomic E-state index is 12.5. The molecule has 6 heteroatoms. The van der Waals surface area contributed by atoms with Gasteiger partial charge in [0, 0.05) is 18.0 Å². The number of hydrogen-bond acceptors (Lipinski definition) is 4. The summed E-state index contributed by atoms with van der Waals surface area (Å²) >= 11 is 1.52. The Balaban J connectivity index is 2.66. The summed E-state index contributed by atoms with van der Waals surface area (Å²) < 4.78 is 27.7. The molecule has 0 atom stereocenters. The van der Waals surface area contributed by atoms with Crippen molar-refractivity contribution >= 4 is 21.4 Å². The highest BCUT2D eigenvalue weighted by molar-refractivity contribution is 7.89. The molecule has 1 aromatic heterocycles. The number of aryl methyl sites for hydroxylation is 1. The summed E-state index contributed by atoms with van der Waals surface area (Å²) in [5.74, 6) is 0. The molecule has 1 heterocycles. The Bertz CT molecular complexity index is 510. The molecule has 0 aliphatic carbocycles. The fourth-order valence-electron chi connectivity index (χ4n) is 2.18. The lowest BCUT2D eigenvalue weighted by Crippen LogP contribution is -2.26. The number of thiophene rings is 1. The van der Waals surface area contributed by atoms with Crippen molar-refractivity contribution in [3.8, 4) is 0 Å². The van der Waals surface area contributed by atoms with Gasteiger partial charge in [0.15, 0.2) is 0 Å². The predicted octanol–water partition coefficient (Wildman–Crippen LogP) is 3.41. The minimum Gasteiger partial charge on any atom is -0.312 e. The lowest BCUT2D eigenvalue weighted by atomic mass is 10.2. The van der Waals surface area contributed by atoms with Crippen LogP contribution < -0.4 is 10.0 Å². The molecule has 2 N–H and O–H groups in total. The summed E-state index contributed by atoms with van der Waals surface area (Å²) in [5, 5.41) is 5.20. The standard InChI is InChI=1S/C15H28N2O2S2/c1-4-6-7-8-10-17-21(18,19)15-13(3)12-20-14(15)11-16-9-5-2/h12,16-17H,4-11H2,1-3H3. The molecule has 1 rings (SSSR count). The van der Waals surface area contributed by atoms with Crippen molar-refractivity contribution < 1.29 is 8.42 Å². The summed E-state index contributed by atoms with van der Waals surface area (Å²) in [6.45, 7) is 8.17. The topological polar surface area (TPSA) is 58.2 Å². The van der Waals surface area contributed by atoms with E-state index in [0.717, 1.165) is 49.1 Å². The smallest absolute Gasteiger partial charge is 0.241 e. The van der Waals surface area contributed by atoms with E-state index in [4.69, 9.17) is 0 Å². The second-order valence-corrected chi connectivity index (χ2v) is 7.97. The third kappa shape index (κ3) is 6.06. The first-order valence-electron chi connectivity index (χ1n) is 7.80. The van der Waals surface area contributed by atoms with Crippen LogP contribution in [-0.2, 0) is 16.6 Å². The summed E-state index contributed by atoms with van der Waals surface area (Å²) in [4.78, 5) is 1.38. The molecule has 21 heavy (non-hydrogen) atoms. The molecule has 122 valence electrons. The SMILES string of the molecule is CCCCCCNS(=O)(=O)c1c(C)csc1CNCCC. The maximum atomic E-state index is 12.5. The lowest BCUT2D eigenvalue weighted by Gasteiger charge is -2.09. The third-order valence-corrected chi connectivity index (χ3v) is 6.22. The molecular formula is C15H28N2O2S2. The zero-order chi connectivity index (χ0) is 15.7. The molecule has 0 aromatic carbocycles. The van der Waals surface area contributed by atoms with E-state index in [1.807, 2.05) is 12.3 Å². The third-order valence-electron chi connectivity index (χ3n) is 3.29. The van der Waals surface area contributed by atoms with Gasteiger partial charge in [0.05, 0.1) is 0 Å². The zero-order valence-corrected chi connectivity index (χ0v) is 15.0. The largest absolute Gasteiger partial charge is 0.312 e. The van der Waals surface area contributed by atoms with Crippen LogP contribution in [-0.4, -0.2) is 21.5 Å². The summed E-state index contributed by atoms with van der Waals surface area (Å²) in [6.07, 6.45) is 5.34. The number of nitrogens with one attached hydrogen (secondary N) is 2. The van der Waals surface area contributed by atoms with Gasteiger partial charge < -0.3 is 5.32 Å². The van der Waals surface area contributed by atoms with Gasteiger partial charge in [-0.05, 0) is 37.3 Å². The monoisotopic (exact) mass is 332 g/mol. The maximum Gasteiger partial charge on any atom is 0.241 e. The normalized spacial score (nSPS) is 12.0. The Morgan fingerprint density at radius 2 is 1.86 bits per heavy atom. The first-order valence-corrected chi connectivity index (χ1v) is 10.2. The molecule has 0 saturated carbocycles. The molecule has 0 aliphatic heterocycles. The van der Waals surface area contributed by atoms with E-state index in [1.54, 1.807) is 0 Å². The molecule has 0 saturated heterocycles. The van der Waals surface area contributed by atoms with Gasteiger partial charge in [0.1, 0.15) is 4.90 Å². The van der Waals surface area contributed by atoms with E-state index >= 15 is 0 Å². The van der Waals surface area contributed by atoms with Crippen LogP contribution in [0.5, 0.6) is 0 Å². The average molecular weight is 333 g/mol. The van der Waals surface area contributed by atoms with Crippen LogP contribution in [0.3, 0.4) is 0 Å². The van der Waals surface area contributed by atoms with Crippen molar-refractivity contribution in [1.82, 2.24) is 10.0 Å². The number of sulfonamides is 1. The fraction of sp³-hybridized carbons (Fsp3) is 0.733. The minimum atomic E-state index is -3.38. The van der Waals surface area contributed by atoms with Gasteiger partial charge in [0.2, 0.25) is 10.0 Å². The molecule has 0 amide bonds. The lowest BCUT2D eigenvalue weighted by molar-refractivity contribution is 0.571. The Morgan fingerprint density at radius 1 is 1.10 bits per heavy atom.